The lowest BCUT2D eigenvalue weighted by atomic mass is 9.65. The van der Waals surface area contributed by atoms with E-state index in [9.17, 15) is 13.2 Å². The van der Waals surface area contributed by atoms with Crippen molar-refractivity contribution in [3.05, 3.63) is 41.8 Å². The standard InChI is InChI=1S/C20H20F3N5S/c21-20(22,23)9-15-6-16-17(25-12-26-18(16)29-15)28-5-3-19(11-28)7-14(8-19)27-13-2-1-4-24-10-13/h1-2,4,6,10,12,14,27H,3,5,7-9,11H2. The Morgan fingerprint density at radius 3 is 2.90 bits per heavy atom. The minimum Gasteiger partial charge on any atom is -0.381 e. The Kier molecular flexibility index (Phi) is 4.38. The number of pyridine rings is 1. The second-order valence-corrected chi connectivity index (χ2v) is 9.20. The molecule has 0 radical (unpaired) electrons. The number of nitrogens with one attached hydrogen (secondary N) is 1. The Hall–Kier alpha value is -2.42. The minimum atomic E-state index is -4.21. The average Bonchev–Trinajstić information content (AvgIpc) is 3.24. The molecular formula is C20H20F3N5S. The summed E-state index contributed by atoms with van der Waals surface area (Å²) in [5, 5.41) is 4.26. The molecular weight excluding hydrogens is 399 g/mol. The number of thiophene rings is 1. The van der Waals surface area contributed by atoms with E-state index in [0.29, 0.717) is 10.9 Å². The van der Waals surface area contributed by atoms with Crippen molar-refractivity contribution >= 4 is 33.1 Å². The van der Waals surface area contributed by atoms with Crippen molar-refractivity contribution in [2.75, 3.05) is 23.3 Å². The van der Waals surface area contributed by atoms with Crippen molar-refractivity contribution in [1.82, 2.24) is 15.0 Å². The fourth-order valence-electron chi connectivity index (χ4n) is 4.65. The molecule has 2 aliphatic rings. The molecule has 0 unspecified atom stereocenters. The highest BCUT2D eigenvalue weighted by Gasteiger charge is 2.49. The molecule has 1 spiro atoms. The maximum absolute atomic E-state index is 12.8. The zero-order chi connectivity index (χ0) is 20.1. The van der Waals surface area contributed by atoms with Crippen LogP contribution in [0.25, 0.3) is 10.2 Å². The van der Waals surface area contributed by atoms with Crippen molar-refractivity contribution in [2.24, 2.45) is 5.41 Å². The lowest BCUT2D eigenvalue weighted by molar-refractivity contribution is -0.126. The first-order chi connectivity index (χ1) is 13.9. The summed E-state index contributed by atoms with van der Waals surface area (Å²) in [6, 6.07) is 5.99. The quantitative estimate of drug-likeness (QED) is 0.667. The smallest absolute Gasteiger partial charge is 0.381 e. The Bertz CT molecular complexity index is 1010. The van der Waals surface area contributed by atoms with Gasteiger partial charge in [0.05, 0.1) is 17.5 Å². The predicted molar refractivity (Wildman–Crippen MR) is 107 cm³/mol. The molecule has 0 atom stereocenters. The second kappa shape index (κ2) is 6.83. The van der Waals surface area contributed by atoms with Crippen LogP contribution in [0.2, 0.25) is 0 Å². The van der Waals surface area contributed by atoms with Gasteiger partial charge in [-0.1, -0.05) is 0 Å². The Labute approximate surface area is 170 Å². The van der Waals surface area contributed by atoms with Crippen molar-refractivity contribution < 1.29 is 13.2 Å². The summed E-state index contributed by atoms with van der Waals surface area (Å²) in [5.41, 5.74) is 1.29. The number of aromatic nitrogens is 3. The molecule has 3 aromatic rings. The van der Waals surface area contributed by atoms with Crippen LogP contribution in [0, 0.1) is 5.41 Å². The van der Waals surface area contributed by atoms with E-state index in [2.05, 4.69) is 25.2 Å². The molecule has 5 rings (SSSR count). The summed E-state index contributed by atoms with van der Waals surface area (Å²) in [4.78, 5) is 15.9. The molecule has 0 amide bonds. The highest BCUT2D eigenvalue weighted by atomic mass is 32.1. The van der Waals surface area contributed by atoms with E-state index in [1.165, 1.54) is 6.33 Å². The van der Waals surface area contributed by atoms with Crippen molar-refractivity contribution in [3.8, 4) is 0 Å². The van der Waals surface area contributed by atoms with Gasteiger partial charge in [-0.3, -0.25) is 4.98 Å². The van der Waals surface area contributed by atoms with Crippen molar-refractivity contribution in [2.45, 2.75) is 37.9 Å². The maximum atomic E-state index is 12.8. The molecule has 4 heterocycles. The van der Waals surface area contributed by atoms with Crippen LogP contribution in [0.3, 0.4) is 0 Å². The normalized spacial score (nSPS) is 24.2. The topological polar surface area (TPSA) is 53.9 Å². The third-order valence-electron chi connectivity index (χ3n) is 5.86. The van der Waals surface area contributed by atoms with Gasteiger partial charge >= 0.3 is 6.18 Å². The Balaban J connectivity index is 1.29. The van der Waals surface area contributed by atoms with Gasteiger partial charge in [-0.15, -0.1) is 11.3 Å². The molecule has 1 saturated carbocycles. The van der Waals surface area contributed by atoms with Crippen LogP contribution in [0.4, 0.5) is 24.7 Å². The maximum Gasteiger partial charge on any atom is 0.393 e. The molecule has 0 aromatic carbocycles. The summed E-state index contributed by atoms with van der Waals surface area (Å²) in [6.45, 7) is 1.75. The zero-order valence-electron chi connectivity index (χ0n) is 15.6. The summed E-state index contributed by atoms with van der Waals surface area (Å²) >= 11 is 1.10. The fraction of sp³-hybridized carbons (Fsp3) is 0.450. The van der Waals surface area contributed by atoms with Crippen LogP contribution in [0.1, 0.15) is 24.1 Å². The second-order valence-electron chi connectivity index (χ2n) is 8.08. The van der Waals surface area contributed by atoms with Crippen LogP contribution in [0.5, 0.6) is 0 Å². The van der Waals surface area contributed by atoms with E-state index >= 15 is 0 Å². The molecule has 5 nitrogen and oxygen atoms in total. The van der Waals surface area contributed by atoms with E-state index in [-0.39, 0.29) is 10.3 Å². The van der Waals surface area contributed by atoms with Gasteiger partial charge in [0.2, 0.25) is 0 Å². The van der Waals surface area contributed by atoms with Gasteiger partial charge in [-0.2, -0.15) is 13.2 Å². The third kappa shape index (κ3) is 3.75. The first kappa shape index (κ1) is 18.6. The predicted octanol–water partition coefficient (Wildman–Crippen LogP) is 4.66. The van der Waals surface area contributed by atoms with Gasteiger partial charge < -0.3 is 10.2 Å². The molecule has 3 aromatic heterocycles. The molecule has 1 aliphatic carbocycles. The van der Waals surface area contributed by atoms with E-state index in [4.69, 9.17) is 0 Å². The van der Waals surface area contributed by atoms with Gasteiger partial charge in [0.15, 0.2) is 0 Å². The van der Waals surface area contributed by atoms with Crippen molar-refractivity contribution in [3.63, 3.8) is 0 Å². The van der Waals surface area contributed by atoms with E-state index in [0.717, 1.165) is 60.6 Å². The largest absolute Gasteiger partial charge is 0.393 e. The molecule has 1 aliphatic heterocycles. The number of fused-ring (bicyclic) bond motifs is 1. The monoisotopic (exact) mass is 419 g/mol. The lowest BCUT2D eigenvalue weighted by Gasteiger charge is -2.45. The molecule has 1 saturated heterocycles. The zero-order valence-corrected chi connectivity index (χ0v) is 16.4. The van der Waals surface area contributed by atoms with Crippen LogP contribution in [0.15, 0.2) is 36.9 Å². The first-order valence-corrected chi connectivity index (χ1v) is 10.4. The molecule has 2 fully saturated rings. The van der Waals surface area contributed by atoms with Gasteiger partial charge in [0, 0.05) is 36.4 Å². The number of rotatable bonds is 4. The van der Waals surface area contributed by atoms with Gasteiger partial charge in [0.25, 0.3) is 0 Å². The van der Waals surface area contributed by atoms with E-state index in [1.807, 2.05) is 18.3 Å². The number of hydrogen-bond donors (Lipinski definition) is 1. The van der Waals surface area contributed by atoms with E-state index < -0.39 is 12.6 Å². The first-order valence-electron chi connectivity index (χ1n) is 9.61. The van der Waals surface area contributed by atoms with Crippen LogP contribution >= 0.6 is 11.3 Å². The van der Waals surface area contributed by atoms with Gasteiger partial charge in [-0.25, -0.2) is 9.97 Å². The molecule has 1 N–H and O–H groups in total. The minimum absolute atomic E-state index is 0.252. The fourth-order valence-corrected chi connectivity index (χ4v) is 5.67. The highest BCUT2D eigenvalue weighted by molar-refractivity contribution is 7.18. The number of halogens is 3. The summed E-state index contributed by atoms with van der Waals surface area (Å²) in [7, 11) is 0. The summed E-state index contributed by atoms with van der Waals surface area (Å²) in [6.07, 6.45) is 3.15. The van der Waals surface area contributed by atoms with Crippen LogP contribution in [-0.2, 0) is 6.42 Å². The molecule has 152 valence electrons. The average molecular weight is 419 g/mol. The van der Waals surface area contributed by atoms with Gasteiger partial charge in [0.1, 0.15) is 17.0 Å². The summed E-state index contributed by atoms with van der Waals surface area (Å²) in [5.74, 6) is 0.764. The van der Waals surface area contributed by atoms with Gasteiger partial charge in [-0.05, 0) is 42.9 Å². The molecule has 29 heavy (non-hydrogen) atoms. The third-order valence-corrected chi connectivity index (χ3v) is 6.91. The summed E-state index contributed by atoms with van der Waals surface area (Å²) < 4.78 is 38.3. The number of alkyl halides is 3. The van der Waals surface area contributed by atoms with Crippen molar-refractivity contribution in [1.29, 1.82) is 0 Å². The number of nitrogens with zero attached hydrogens (tertiary/aromatic N) is 4. The Morgan fingerprint density at radius 2 is 2.14 bits per heavy atom. The molecule has 9 heteroatoms. The highest BCUT2D eigenvalue weighted by Crippen LogP contribution is 2.50. The number of hydrogen-bond acceptors (Lipinski definition) is 6. The Morgan fingerprint density at radius 1 is 1.28 bits per heavy atom. The van der Waals surface area contributed by atoms with Crippen LogP contribution < -0.4 is 10.2 Å². The SMILES string of the molecule is FC(F)(F)Cc1cc2c(N3CCC4(CC(Nc5cccnc5)C4)C3)ncnc2s1. The van der Waals surface area contributed by atoms with E-state index in [1.54, 1.807) is 12.3 Å². The van der Waals surface area contributed by atoms with Crippen LogP contribution in [-0.4, -0.2) is 40.3 Å². The number of anilines is 2. The molecule has 0 bridgehead atoms. The lowest BCUT2D eigenvalue weighted by Crippen LogP contribution is -2.46.